The van der Waals surface area contributed by atoms with Crippen molar-refractivity contribution in [2.75, 3.05) is 38.0 Å². The number of carbonyl (C=O) groups excluding carboxylic acids is 1. The van der Waals surface area contributed by atoms with Gasteiger partial charge in [-0.1, -0.05) is 35.4 Å². The van der Waals surface area contributed by atoms with Gasteiger partial charge >= 0.3 is 0 Å². The van der Waals surface area contributed by atoms with Crippen LogP contribution in [0.15, 0.2) is 52.9 Å². The van der Waals surface area contributed by atoms with Crippen molar-refractivity contribution in [2.45, 2.75) is 20.5 Å². The smallest absolute Gasteiger partial charge is 0.288 e. The highest BCUT2D eigenvalue weighted by Crippen LogP contribution is 2.21. The van der Waals surface area contributed by atoms with Gasteiger partial charge in [-0.25, -0.2) is 4.68 Å². The number of nitrogens with zero attached hydrogens (tertiary/aromatic N) is 4. The van der Waals surface area contributed by atoms with Gasteiger partial charge in [-0.2, -0.15) is 0 Å². The highest BCUT2D eigenvalue weighted by Gasteiger charge is 2.20. The number of benzene rings is 2. The summed E-state index contributed by atoms with van der Waals surface area (Å²) >= 11 is 5.39. The van der Waals surface area contributed by atoms with Gasteiger partial charge in [-0.3, -0.25) is 14.6 Å². The predicted molar refractivity (Wildman–Crippen MR) is 123 cm³/mol. The summed E-state index contributed by atoms with van der Waals surface area (Å²) in [5, 5.41) is 7.54. The van der Waals surface area contributed by atoms with E-state index in [9.17, 15) is 4.79 Å². The molecule has 2 aromatic carbocycles. The first-order chi connectivity index (χ1) is 15.0. The molecule has 0 unspecified atom stereocenters. The molecule has 0 bridgehead atoms. The maximum atomic E-state index is 12.3. The summed E-state index contributed by atoms with van der Waals surface area (Å²) in [6.07, 6.45) is 0. The van der Waals surface area contributed by atoms with Crippen molar-refractivity contribution in [3.63, 3.8) is 0 Å². The summed E-state index contributed by atoms with van der Waals surface area (Å²) in [5.74, 6) is 0.560. The Morgan fingerprint density at radius 2 is 1.68 bits per heavy atom. The second-order valence-electron chi connectivity index (χ2n) is 8.00. The average molecular weight is 438 g/mol. The second-order valence-corrected chi connectivity index (χ2v) is 8.35. The highest BCUT2D eigenvalue weighted by molar-refractivity contribution is 7.71. The quantitative estimate of drug-likeness (QED) is 0.593. The van der Waals surface area contributed by atoms with Crippen LogP contribution in [0.25, 0.3) is 11.5 Å². The van der Waals surface area contributed by atoms with E-state index >= 15 is 0 Å². The standard InChI is InChI=1S/C23H27N5O2S/c1-17-12-18(2)14-19(13-17)22-25-28(23(31)30-22)16-27-10-8-26(9-11-27)15-21(29)24-20-6-4-3-5-7-20/h3-7,12-14H,8-11,15-16H2,1-2H3,(H,24,29). The normalized spacial score (nSPS) is 15.2. The molecule has 7 nitrogen and oxygen atoms in total. The van der Waals surface area contributed by atoms with E-state index in [0.29, 0.717) is 23.9 Å². The van der Waals surface area contributed by atoms with Crippen LogP contribution in [-0.4, -0.2) is 58.2 Å². The zero-order valence-electron chi connectivity index (χ0n) is 17.9. The van der Waals surface area contributed by atoms with Crippen molar-refractivity contribution in [1.29, 1.82) is 0 Å². The van der Waals surface area contributed by atoms with Crippen LogP contribution >= 0.6 is 12.2 Å². The van der Waals surface area contributed by atoms with Crippen LogP contribution in [0.3, 0.4) is 0 Å². The molecule has 0 saturated carbocycles. The SMILES string of the molecule is Cc1cc(C)cc(-c2nn(CN3CCN(CC(=O)Nc4ccccc4)CC3)c(=S)o2)c1. The minimum absolute atomic E-state index is 0.0106. The fraction of sp³-hybridized carbons (Fsp3) is 0.348. The molecule has 8 heteroatoms. The molecule has 1 saturated heterocycles. The zero-order valence-corrected chi connectivity index (χ0v) is 18.7. The van der Waals surface area contributed by atoms with Gasteiger partial charge in [0.25, 0.3) is 4.84 Å². The Bertz CT molecular complexity index is 1080. The number of rotatable bonds is 6. The number of piperazine rings is 1. The van der Waals surface area contributed by atoms with Crippen molar-refractivity contribution in [1.82, 2.24) is 19.6 Å². The second kappa shape index (κ2) is 9.55. The van der Waals surface area contributed by atoms with Crippen LogP contribution in [0.1, 0.15) is 11.1 Å². The van der Waals surface area contributed by atoms with Gasteiger partial charge in [-0.05, 0) is 50.3 Å². The molecule has 1 aliphatic heterocycles. The first-order valence-corrected chi connectivity index (χ1v) is 10.8. The average Bonchev–Trinajstić information content (AvgIpc) is 3.10. The van der Waals surface area contributed by atoms with Crippen LogP contribution in [-0.2, 0) is 11.5 Å². The molecule has 3 aromatic rings. The number of amides is 1. The molecule has 1 aromatic heterocycles. The maximum absolute atomic E-state index is 12.3. The molecular weight excluding hydrogens is 410 g/mol. The lowest BCUT2D eigenvalue weighted by Crippen LogP contribution is -2.48. The first-order valence-electron chi connectivity index (χ1n) is 10.4. The van der Waals surface area contributed by atoms with E-state index in [4.69, 9.17) is 16.6 Å². The van der Waals surface area contributed by atoms with E-state index in [-0.39, 0.29) is 5.91 Å². The predicted octanol–water partition coefficient (Wildman–Crippen LogP) is 3.70. The van der Waals surface area contributed by atoms with E-state index in [2.05, 4.69) is 52.3 Å². The van der Waals surface area contributed by atoms with Gasteiger partial charge in [0.1, 0.15) is 0 Å². The zero-order chi connectivity index (χ0) is 21.8. The number of nitrogens with one attached hydrogen (secondary N) is 1. The number of para-hydroxylation sites is 1. The molecule has 1 amide bonds. The number of carbonyl (C=O) groups is 1. The van der Waals surface area contributed by atoms with E-state index in [1.54, 1.807) is 4.68 Å². The van der Waals surface area contributed by atoms with Gasteiger partial charge in [0.15, 0.2) is 0 Å². The molecule has 4 rings (SSSR count). The van der Waals surface area contributed by atoms with Gasteiger partial charge in [0.05, 0.1) is 13.2 Å². The van der Waals surface area contributed by atoms with Gasteiger partial charge < -0.3 is 9.73 Å². The molecule has 1 fully saturated rings. The van der Waals surface area contributed by atoms with Gasteiger partial charge in [0.2, 0.25) is 11.8 Å². The minimum atomic E-state index is 0.0106. The number of hydrogen-bond donors (Lipinski definition) is 1. The van der Waals surface area contributed by atoms with E-state index < -0.39 is 0 Å². The van der Waals surface area contributed by atoms with Crippen LogP contribution in [0.2, 0.25) is 0 Å². The first kappa shape index (κ1) is 21.4. The molecular formula is C23H27N5O2S. The Morgan fingerprint density at radius 3 is 2.35 bits per heavy atom. The number of aromatic nitrogens is 2. The number of aryl methyl sites for hydroxylation is 2. The molecule has 31 heavy (non-hydrogen) atoms. The van der Waals surface area contributed by atoms with E-state index in [1.165, 1.54) is 0 Å². The molecule has 1 aliphatic rings. The Balaban J connectivity index is 1.30. The van der Waals surface area contributed by atoms with Crippen molar-refractivity contribution in [3.05, 3.63) is 64.5 Å². The Kier molecular flexibility index (Phi) is 6.60. The fourth-order valence-corrected chi connectivity index (χ4v) is 3.99. The third kappa shape index (κ3) is 5.66. The number of hydrogen-bond acceptors (Lipinski definition) is 6. The summed E-state index contributed by atoms with van der Waals surface area (Å²) < 4.78 is 7.50. The summed E-state index contributed by atoms with van der Waals surface area (Å²) in [4.78, 5) is 17.1. The molecule has 0 aliphatic carbocycles. The number of anilines is 1. The maximum Gasteiger partial charge on any atom is 0.288 e. The van der Waals surface area contributed by atoms with Crippen LogP contribution in [0.4, 0.5) is 5.69 Å². The van der Waals surface area contributed by atoms with E-state index in [1.807, 2.05) is 30.3 Å². The largest absolute Gasteiger partial charge is 0.409 e. The van der Waals surface area contributed by atoms with E-state index in [0.717, 1.165) is 48.6 Å². The lowest BCUT2D eigenvalue weighted by molar-refractivity contribution is -0.117. The molecule has 0 spiro atoms. The third-order valence-electron chi connectivity index (χ3n) is 5.30. The molecule has 2 heterocycles. The Morgan fingerprint density at radius 1 is 1.03 bits per heavy atom. The summed E-state index contributed by atoms with van der Waals surface area (Å²) in [7, 11) is 0. The summed E-state index contributed by atoms with van der Waals surface area (Å²) in [6, 6.07) is 15.8. The van der Waals surface area contributed by atoms with Crippen LogP contribution in [0, 0.1) is 18.7 Å². The molecule has 0 atom stereocenters. The molecule has 162 valence electrons. The van der Waals surface area contributed by atoms with Crippen molar-refractivity contribution in [2.24, 2.45) is 0 Å². The minimum Gasteiger partial charge on any atom is -0.409 e. The monoisotopic (exact) mass is 437 g/mol. The summed E-state index contributed by atoms with van der Waals surface area (Å²) in [5.41, 5.74) is 4.10. The molecule has 0 radical (unpaired) electrons. The Hall–Kier alpha value is -2.81. The van der Waals surface area contributed by atoms with Crippen LogP contribution in [0.5, 0.6) is 0 Å². The fourth-order valence-electron chi connectivity index (χ4n) is 3.81. The van der Waals surface area contributed by atoms with Crippen molar-refractivity contribution in [3.8, 4) is 11.5 Å². The highest BCUT2D eigenvalue weighted by atomic mass is 32.1. The van der Waals surface area contributed by atoms with Crippen molar-refractivity contribution < 1.29 is 9.21 Å². The lowest BCUT2D eigenvalue weighted by Gasteiger charge is -2.33. The van der Waals surface area contributed by atoms with Gasteiger partial charge in [0, 0.05) is 37.4 Å². The molecule has 1 N–H and O–H groups in total. The Labute approximate surface area is 187 Å². The third-order valence-corrected chi connectivity index (χ3v) is 5.59. The van der Waals surface area contributed by atoms with Crippen molar-refractivity contribution >= 4 is 23.8 Å². The lowest BCUT2D eigenvalue weighted by atomic mass is 10.1. The van der Waals surface area contributed by atoms with Gasteiger partial charge in [-0.15, -0.1) is 5.10 Å². The van der Waals surface area contributed by atoms with Crippen LogP contribution < -0.4 is 5.32 Å². The summed E-state index contributed by atoms with van der Waals surface area (Å²) in [6.45, 7) is 8.40. The topological polar surface area (TPSA) is 66.5 Å².